The molecule has 2 unspecified atom stereocenters. The monoisotopic (exact) mass is 284 g/mol. The van der Waals surface area contributed by atoms with Crippen LogP contribution in [0, 0.1) is 5.92 Å². The molecule has 0 aromatic heterocycles. The molecule has 2 N–H and O–H groups in total. The summed E-state index contributed by atoms with van der Waals surface area (Å²) < 4.78 is 0. The highest BCUT2D eigenvalue weighted by Crippen LogP contribution is 2.27. The second kappa shape index (κ2) is 6.04. The molecule has 0 amide bonds. The average Bonchev–Trinajstić information content (AvgIpc) is 2.48. The molecular formula is C18H24N2O. The normalized spacial score (nSPS) is 23.5. The van der Waals surface area contributed by atoms with Gasteiger partial charge in [0.1, 0.15) is 5.75 Å². The van der Waals surface area contributed by atoms with Gasteiger partial charge in [0.25, 0.3) is 0 Å². The van der Waals surface area contributed by atoms with Crippen molar-refractivity contribution < 1.29 is 5.11 Å². The fourth-order valence-corrected chi connectivity index (χ4v) is 3.40. The third-order valence-electron chi connectivity index (χ3n) is 4.67. The number of phenols is 1. The van der Waals surface area contributed by atoms with Crippen molar-refractivity contribution in [3.63, 3.8) is 0 Å². The standard InChI is InChI=1S/C18H24N2O/c1-13-12-20(2)10-9-17(13)19-11-16-15-6-4-3-5-14(15)7-8-18(16)21/h3-8,13,17,19,21H,9-12H2,1-2H3. The van der Waals surface area contributed by atoms with Crippen LogP contribution in [0.1, 0.15) is 18.9 Å². The van der Waals surface area contributed by atoms with E-state index in [1.54, 1.807) is 6.07 Å². The number of piperidine rings is 1. The fraction of sp³-hybridized carbons (Fsp3) is 0.444. The summed E-state index contributed by atoms with van der Waals surface area (Å²) >= 11 is 0. The van der Waals surface area contributed by atoms with E-state index in [2.05, 4.69) is 36.3 Å². The molecule has 0 bridgehead atoms. The summed E-state index contributed by atoms with van der Waals surface area (Å²) in [5.74, 6) is 1.03. The topological polar surface area (TPSA) is 35.5 Å². The van der Waals surface area contributed by atoms with Crippen LogP contribution in [0.2, 0.25) is 0 Å². The van der Waals surface area contributed by atoms with Gasteiger partial charge in [-0.1, -0.05) is 37.3 Å². The summed E-state index contributed by atoms with van der Waals surface area (Å²) in [6, 6.07) is 12.6. The lowest BCUT2D eigenvalue weighted by molar-refractivity contribution is 0.174. The number of nitrogens with zero attached hydrogens (tertiary/aromatic N) is 1. The highest BCUT2D eigenvalue weighted by Gasteiger charge is 2.23. The number of likely N-dealkylation sites (tertiary alicyclic amines) is 1. The molecule has 3 heteroatoms. The largest absolute Gasteiger partial charge is 0.508 e. The summed E-state index contributed by atoms with van der Waals surface area (Å²) in [5.41, 5.74) is 1.01. The van der Waals surface area contributed by atoms with Crippen molar-refractivity contribution in [2.24, 2.45) is 5.92 Å². The van der Waals surface area contributed by atoms with Crippen molar-refractivity contribution in [3.05, 3.63) is 42.0 Å². The van der Waals surface area contributed by atoms with Gasteiger partial charge in [-0.2, -0.15) is 0 Å². The Morgan fingerprint density at radius 3 is 2.86 bits per heavy atom. The molecule has 0 saturated carbocycles. The molecule has 112 valence electrons. The second-order valence-corrected chi connectivity index (χ2v) is 6.30. The quantitative estimate of drug-likeness (QED) is 0.909. The van der Waals surface area contributed by atoms with E-state index in [1.165, 1.54) is 11.8 Å². The van der Waals surface area contributed by atoms with Gasteiger partial charge in [0, 0.05) is 24.7 Å². The Labute approximate surface area is 126 Å². The third-order valence-corrected chi connectivity index (χ3v) is 4.67. The summed E-state index contributed by atoms with van der Waals surface area (Å²) in [7, 11) is 2.18. The predicted octanol–water partition coefficient (Wildman–Crippen LogP) is 2.98. The number of aromatic hydroxyl groups is 1. The van der Waals surface area contributed by atoms with Crippen LogP contribution in [-0.4, -0.2) is 36.2 Å². The fourth-order valence-electron chi connectivity index (χ4n) is 3.40. The number of fused-ring (bicyclic) bond motifs is 1. The molecule has 2 aromatic rings. The van der Waals surface area contributed by atoms with Gasteiger partial charge in [-0.25, -0.2) is 0 Å². The molecule has 1 aliphatic heterocycles. The molecule has 1 heterocycles. The molecule has 0 aliphatic carbocycles. The van der Waals surface area contributed by atoms with Gasteiger partial charge in [-0.15, -0.1) is 0 Å². The molecule has 2 atom stereocenters. The Morgan fingerprint density at radius 1 is 1.24 bits per heavy atom. The van der Waals surface area contributed by atoms with Crippen LogP contribution in [0.3, 0.4) is 0 Å². The summed E-state index contributed by atoms with van der Waals surface area (Å²) in [6.45, 7) is 5.31. The van der Waals surface area contributed by atoms with Gasteiger partial charge >= 0.3 is 0 Å². The van der Waals surface area contributed by atoms with Gasteiger partial charge in [0.2, 0.25) is 0 Å². The van der Waals surface area contributed by atoms with E-state index >= 15 is 0 Å². The second-order valence-electron chi connectivity index (χ2n) is 6.30. The Balaban J connectivity index is 1.77. The summed E-state index contributed by atoms with van der Waals surface area (Å²) in [5, 5.41) is 16.2. The van der Waals surface area contributed by atoms with E-state index < -0.39 is 0 Å². The third kappa shape index (κ3) is 3.04. The van der Waals surface area contributed by atoms with E-state index in [0.717, 1.165) is 30.6 Å². The zero-order valence-corrected chi connectivity index (χ0v) is 12.8. The van der Waals surface area contributed by atoms with Gasteiger partial charge < -0.3 is 15.3 Å². The van der Waals surface area contributed by atoms with E-state index in [-0.39, 0.29) is 0 Å². The lowest BCUT2D eigenvalue weighted by Crippen LogP contribution is -2.46. The van der Waals surface area contributed by atoms with Crippen LogP contribution in [0.5, 0.6) is 5.75 Å². The summed E-state index contributed by atoms with van der Waals surface area (Å²) in [6.07, 6.45) is 1.17. The number of benzene rings is 2. The average molecular weight is 284 g/mol. The SMILES string of the molecule is CC1CN(C)CCC1NCc1c(O)ccc2ccccc12. The van der Waals surface area contributed by atoms with Gasteiger partial charge in [-0.05, 0) is 42.8 Å². The molecule has 3 rings (SSSR count). The highest BCUT2D eigenvalue weighted by molar-refractivity contribution is 5.87. The Bertz CT molecular complexity index is 626. The predicted molar refractivity (Wildman–Crippen MR) is 87.5 cm³/mol. The van der Waals surface area contributed by atoms with Crippen LogP contribution in [-0.2, 0) is 6.54 Å². The van der Waals surface area contributed by atoms with E-state index in [0.29, 0.717) is 17.7 Å². The zero-order chi connectivity index (χ0) is 14.8. The van der Waals surface area contributed by atoms with Crippen molar-refractivity contribution in [2.45, 2.75) is 25.9 Å². The number of hydrogen-bond donors (Lipinski definition) is 2. The summed E-state index contributed by atoms with van der Waals surface area (Å²) in [4.78, 5) is 2.39. The lowest BCUT2D eigenvalue weighted by Gasteiger charge is -2.35. The minimum absolute atomic E-state index is 0.391. The molecule has 21 heavy (non-hydrogen) atoms. The molecule has 1 fully saturated rings. The zero-order valence-electron chi connectivity index (χ0n) is 12.8. The van der Waals surface area contributed by atoms with Gasteiger partial charge in [0.15, 0.2) is 0 Å². The van der Waals surface area contributed by atoms with Crippen LogP contribution >= 0.6 is 0 Å². The molecule has 3 nitrogen and oxygen atoms in total. The first-order valence-electron chi connectivity index (χ1n) is 7.76. The smallest absolute Gasteiger partial charge is 0.120 e. The van der Waals surface area contributed by atoms with Crippen molar-refractivity contribution in [2.75, 3.05) is 20.1 Å². The Hall–Kier alpha value is -1.58. The van der Waals surface area contributed by atoms with Crippen LogP contribution < -0.4 is 5.32 Å². The van der Waals surface area contributed by atoms with Crippen molar-refractivity contribution in [1.82, 2.24) is 10.2 Å². The maximum atomic E-state index is 10.2. The molecule has 1 aliphatic rings. The maximum absolute atomic E-state index is 10.2. The van der Waals surface area contributed by atoms with E-state index in [9.17, 15) is 5.11 Å². The first-order chi connectivity index (χ1) is 10.1. The lowest BCUT2D eigenvalue weighted by atomic mass is 9.93. The maximum Gasteiger partial charge on any atom is 0.120 e. The minimum Gasteiger partial charge on any atom is -0.508 e. The van der Waals surface area contributed by atoms with Crippen molar-refractivity contribution >= 4 is 10.8 Å². The van der Waals surface area contributed by atoms with Gasteiger partial charge in [-0.3, -0.25) is 0 Å². The molecule has 1 saturated heterocycles. The van der Waals surface area contributed by atoms with Crippen molar-refractivity contribution in [1.29, 1.82) is 0 Å². The van der Waals surface area contributed by atoms with Crippen molar-refractivity contribution in [3.8, 4) is 5.75 Å². The van der Waals surface area contributed by atoms with Crippen LogP contribution in [0.25, 0.3) is 10.8 Å². The van der Waals surface area contributed by atoms with Gasteiger partial charge in [0.05, 0.1) is 0 Å². The number of nitrogens with one attached hydrogen (secondary N) is 1. The molecule has 2 aromatic carbocycles. The van der Waals surface area contributed by atoms with E-state index in [4.69, 9.17) is 0 Å². The molecular weight excluding hydrogens is 260 g/mol. The van der Waals surface area contributed by atoms with E-state index in [1.807, 2.05) is 18.2 Å². The first kappa shape index (κ1) is 14.4. The first-order valence-corrected chi connectivity index (χ1v) is 7.76. The Morgan fingerprint density at radius 2 is 2.05 bits per heavy atom. The highest BCUT2D eigenvalue weighted by atomic mass is 16.3. The van der Waals surface area contributed by atoms with Crippen LogP contribution in [0.4, 0.5) is 0 Å². The molecule has 0 radical (unpaired) electrons. The minimum atomic E-state index is 0.391. The van der Waals surface area contributed by atoms with Crippen LogP contribution in [0.15, 0.2) is 36.4 Å². The Kier molecular flexibility index (Phi) is 4.13. The number of rotatable bonds is 3. The number of phenolic OH excluding ortho intramolecular Hbond substituents is 1. The number of hydrogen-bond acceptors (Lipinski definition) is 3. The molecule has 0 spiro atoms.